The summed E-state index contributed by atoms with van der Waals surface area (Å²) in [5.74, 6) is 0. The summed E-state index contributed by atoms with van der Waals surface area (Å²) in [4.78, 5) is 2.22. The molecule has 1 heterocycles. The third-order valence-electron chi connectivity index (χ3n) is 3.22. The van der Waals surface area contributed by atoms with E-state index in [-0.39, 0.29) is 0 Å². The van der Waals surface area contributed by atoms with Crippen molar-refractivity contribution in [3.63, 3.8) is 0 Å². The Morgan fingerprint density at radius 1 is 1.44 bits per heavy atom. The Hall–Kier alpha value is -1.06. The van der Waals surface area contributed by atoms with Crippen LogP contribution in [0.3, 0.4) is 0 Å². The minimum absolute atomic E-state index is 0.430. The van der Waals surface area contributed by atoms with Gasteiger partial charge in [0.2, 0.25) is 0 Å². The average molecular weight is 221 g/mol. The van der Waals surface area contributed by atoms with Gasteiger partial charge in [-0.15, -0.1) is 0 Å². The average Bonchev–Trinajstić information content (AvgIpc) is 2.81. The van der Waals surface area contributed by atoms with E-state index >= 15 is 0 Å². The number of hydrogen-bond acceptors (Lipinski definition) is 3. The van der Waals surface area contributed by atoms with Gasteiger partial charge in [-0.1, -0.05) is 18.2 Å². The van der Waals surface area contributed by atoms with Crippen molar-refractivity contribution in [1.29, 1.82) is 0 Å². The second kappa shape index (κ2) is 4.85. The maximum Gasteiger partial charge on any atom is 0.0781 e. The van der Waals surface area contributed by atoms with Gasteiger partial charge in [0.1, 0.15) is 0 Å². The van der Waals surface area contributed by atoms with E-state index in [9.17, 15) is 5.11 Å². The third-order valence-corrected chi connectivity index (χ3v) is 3.22. The number of hydrogen-bond donors (Lipinski definition) is 1. The lowest BCUT2D eigenvalue weighted by molar-refractivity contribution is 0.192. The second-order valence-corrected chi connectivity index (χ2v) is 4.36. The first-order valence-electron chi connectivity index (χ1n) is 5.77. The van der Waals surface area contributed by atoms with Crippen molar-refractivity contribution in [2.75, 3.05) is 25.2 Å². The van der Waals surface area contributed by atoms with Gasteiger partial charge in [-0.3, -0.25) is 0 Å². The Bertz CT molecular complexity index is 346. The monoisotopic (exact) mass is 221 g/mol. The molecule has 0 spiro atoms. The van der Waals surface area contributed by atoms with Crippen molar-refractivity contribution < 1.29 is 9.84 Å². The van der Waals surface area contributed by atoms with Crippen molar-refractivity contribution in [2.45, 2.75) is 25.5 Å². The molecule has 3 heteroatoms. The van der Waals surface area contributed by atoms with Gasteiger partial charge in [0, 0.05) is 24.9 Å². The molecule has 1 fully saturated rings. The summed E-state index contributed by atoms with van der Waals surface area (Å²) >= 11 is 0. The lowest BCUT2D eigenvalue weighted by Gasteiger charge is -2.28. The topological polar surface area (TPSA) is 32.7 Å². The van der Waals surface area contributed by atoms with Crippen molar-refractivity contribution in [3.8, 4) is 0 Å². The van der Waals surface area contributed by atoms with Crippen LogP contribution in [0.5, 0.6) is 0 Å². The first-order valence-corrected chi connectivity index (χ1v) is 5.77. The summed E-state index contributed by atoms with van der Waals surface area (Å²) < 4.78 is 5.40. The highest BCUT2D eigenvalue weighted by atomic mass is 16.5. The summed E-state index contributed by atoms with van der Waals surface area (Å²) in [6.45, 7) is 3.42. The van der Waals surface area contributed by atoms with Crippen molar-refractivity contribution in [2.24, 2.45) is 0 Å². The van der Waals surface area contributed by atoms with Crippen molar-refractivity contribution in [1.82, 2.24) is 0 Å². The summed E-state index contributed by atoms with van der Waals surface area (Å²) in [6.07, 6.45) is 0.631. The molecule has 0 bridgehead atoms. The standard InChI is InChI=1S/C13H19NO2/c1-10(15)12-5-3-4-6-13(12)14(2)11-7-8-16-9-11/h3-6,10-11,15H,7-9H2,1-2H3/t10-,11?/m0/s1. The molecule has 1 aromatic carbocycles. The van der Waals surface area contributed by atoms with Crippen LogP contribution in [0.15, 0.2) is 24.3 Å². The molecule has 1 aliphatic rings. The number of aliphatic hydroxyl groups is 1. The quantitative estimate of drug-likeness (QED) is 0.847. The number of nitrogens with zero attached hydrogens (tertiary/aromatic N) is 1. The third kappa shape index (κ3) is 2.20. The first-order chi connectivity index (χ1) is 7.70. The van der Waals surface area contributed by atoms with Gasteiger partial charge in [0.25, 0.3) is 0 Å². The predicted octanol–water partition coefficient (Wildman–Crippen LogP) is 1.97. The number of aliphatic hydroxyl groups excluding tert-OH is 1. The van der Waals surface area contributed by atoms with Crippen LogP contribution >= 0.6 is 0 Å². The van der Waals surface area contributed by atoms with E-state index < -0.39 is 6.10 Å². The van der Waals surface area contributed by atoms with Crippen LogP contribution in [0.4, 0.5) is 5.69 Å². The van der Waals surface area contributed by atoms with Crippen LogP contribution in [0.25, 0.3) is 0 Å². The molecular weight excluding hydrogens is 202 g/mol. The second-order valence-electron chi connectivity index (χ2n) is 4.36. The fourth-order valence-electron chi connectivity index (χ4n) is 2.19. The summed E-state index contributed by atoms with van der Waals surface area (Å²) in [6, 6.07) is 8.44. The molecule has 1 unspecified atom stereocenters. The summed E-state index contributed by atoms with van der Waals surface area (Å²) in [5, 5.41) is 9.74. The Morgan fingerprint density at radius 3 is 2.81 bits per heavy atom. The van der Waals surface area contributed by atoms with Crippen LogP contribution in [-0.2, 0) is 4.74 Å². The van der Waals surface area contributed by atoms with Gasteiger partial charge in [-0.2, -0.15) is 0 Å². The van der Waals surface area contributed by atoms with Gasteiger partial charge in [0.05, 0.1) is 18.8 Å². The number of para-hydroxylation sites is 1. The molecule has 3 nitrogen and oxygen atoms in total. The van der Waals surface area contributed by atoms with Gasteiger partial charge in [-0.05, 0) is 19.4 Å². The zero-order valence-electron chi connectivity index (χ0n) is 9.89. The maximum absolute atomic E-state index is 9.74. The highest BCUT2D eigenvalue weighted by Gasteiger charge is 2.22. The van der Waals surface area contributed by atoms with E-state index in [0.29, 0.717) is 6.04 Å². The maximum atomic E-state index is 9.74. The van der Waals surface area contributed by atoms with Crippen LogP contribution < -0.4 is 4.90 Å². The Morgan fingerprint density at radius 2 is 2.19 bits per heavy atom. The van der Waals surface area contributed by atoms with Crippen LogP contribution in [0.2, 0.25) is 0 Å². The molecule has 0 amide bonds. The Labute approximate surface area is 96.6 Å². The molecule has 1 N–H and O–H groups in total. The van der Waals surface area contributed by atoms with Crippen molar-refractivity contribution >= 4 is 5.69 Å². The van der Waals surface area contributed by atoms with Crippen LogP contribution in [0, 0.1) is 0 Å². The number of rotatable bonds is 3. The minimum atomic E-state index is -0.430. The van der Waals surface area contributed by atoms with E-state index in [1.54, 1.807) is 6.92 Å². The molecule has 16 heavy (non-hydrogen) atoms. The molecule has 0 saturated carbocycles. The number of likely N-dealkylation sites (N-methyl/N-ethyl adjacent to an activating group) is 1. The van der Waals surface area contributed by atoms with E-state index in [1.165, 1.54) is 0 Å². The Kier molecular flexibility index (Phi) is 3.46. The number of anilines is 1. The normalized spacial score (nSPS) is 22.1. The molecule has 88 valence electrons. The molecule has 2 rings (SSSR count). The van der Waals surface area contributed by atoms with Gasteiger partial charge in [-0.25, -0.2) is 0 Å². The molecule has 0 aliphatic carbocycles. The molecule has 2 atom stereocenters. The zero-order chi connectivity index (χ0) is 11.5. The lowest BCUT2D eigenvalue weighted by Crippen LogP contribution is -2.32. The molecule has 1 aliphatic heterocycles. The smallest absolute Gasteiger partial charge is 0.0781 e. The summed E-state index contributed by atoms with van der Waals surface area (Å²) in [5.41, 5.74) is 2.09. The predicted molar refractivity (Wildman–Crippen MR) is 64.7 cm³/mol. The van der Waals surface area contributed by atoms with E-state index in [2.05, 4.69) is 18.0 Å². The lowest BCUT2D eigenvalue weighted by atomic mass is 10.1. The number of benzene rings is 1. The zero-order valence-corrected chi connectivity index (χ0v) is 9.89. The van der Waals surface area contributed by atoms with Gasteiger partial charge >= 0.3 is 0 Å². The highest BCUT2D eigenvalue weighted by Crippen LogP contribution is 2.28. The summed E-state index contributed by atoms with van der Waals surface area (Å²) in [7, 11) is 2.07. The molecule has 0 aromatic heterocycles. The highest BCUT2D eigenvalue weighted by molar-refractivity contribution is 5.54. The fraction of sp³-hybridized carbons (Fsp3) is 0.538. The van der Waals surface area contributed by atoms with E-state index in [1.807, 2.05) is 18.2 Å². The largest absolute Gasteiger partial charge is 0.389 e. The SMILES string of the molecule is C[C@H](O)c1ccccc1N(C)C1CCOC1. The fourth-order valence-corrected chi connectivity index (χ4v) is 2.19. The first kappa shape index (κ1) is 11.4. The molecule has 1 aromatic rings. The number of ether oxygens (including phenoxy) is 1. The van der Waals surface area contributed by atoms with Crippen LogP contribution in [0.1, 0.15) is 25.0 Å². The minimum Gasteiger partial charge on any atom is -0.389 e. The van der Waals surface area contributed by atoms with Gasteiger partial charge < -0.3 is 14.7 Å². The van der Waals surface area contributed by atoms with Crippen LogP contribution in [-0.4, -0.2) is 31.4 Å². The molecule has 1 saturated heterocycles. The van der Waals surface area contributed by atoms with E-state index in [0.717, 1.165) is 30.9 Å². The molecular formula is C13H19NO2. The van der Waals surface area contributed by atoms with E-state index in [4.69, 9.17) is 4.74 Å². The van der Waals surface area contributed by atoms with Crippen molar-refractivity contribution in [3.05, 3.63) is 29.8 Å². The van der Waals surface area contributed by atoms with Gasteiger partial charge in [0.15, 0.2) is 0 Å². The Balaban J connectivity index is 2.24. The molecule has 0 radical (unpaired) electrons.